The molecule has 9 aromatic carbocycles. The fourth-order valence-corrected chi connectivity index (χ4v) is 7.94. The van der Waals surface area contributed by atoms with Gasteiger partial charge in [-0.15, -0.1) is 0 Å². The lowest BCUT2D eigenvalue weighted by molar-refractivity contribution is 1.27. The summed E-state index contributed by atoms with van der Waals surface area (Å²) in [5.41, 5.74) is 17.9. The van der Waals surface area contributed by atoms with Gasteiger partial charge < -0.3 is 15.1 Å². The van der Waals surface area contributed by atoms with Gasteiger partial charge in [-0.1, -0.05) is 158 Å². The third kappa shape index (κ3) is 8.00. The molecule has 0 aliphatic rings. The summed E-state index contributed by atoms with van der Waals surface area (Å²) in [6.07, 6.45) is 0. The van der Waals surface area contributed by atoms with Gasteiger partial charge in [-0.25, -0.2) is 0 Å². The van der Waals surface area contributed by atoms with Gasteiger partial charge in [0.15, 0.2) is 0 Å². The number of rotatable bonds is 11. The molecule has 0 saturated heterocycles. The highest BCUT2D eigenvalue weighted by atomic mass is 15.2. The zero-order valence-corrected chi connectivity index (χ0v) is 33.3. The van der Waals surface area contributed by atoms with E-state index in [1.165, 1.54) is 11.1 Å². The second kappa shape index (κ2) is 16.9. The molecule has 1 N–H and O–H groups in total. The standard InChI is InChI=1S/C56H45N3/c1-41-19-17-29-49(37-41)58(47-25-11-5-12-26-47)55-39-45(33-35-52(55)43-21-7-3-8-22-43)51-31-15-16-32-54(51)57-46-34-36-53(44-23-9-4-10-24-44)56(40-46)59(48-27-13-6-14-28-48)50-30-18-20-42(2)38-50/h3-40,57H,1-2H3. The molecule has 3 nitrogen and oxygen atoms in total. The Balaban J connectivity index is 1.19. The number of benzene rings is 9. The Morgan fingerprint density at radius 1 is 0.305 bits per heavy atom. The Labute approximate surface area is 348 Å². The molecule has 0 fully saturated rings. The average Bonchev–Trinajstić information content (AvgIpc) is 3.28. The van der Waals surface area contributed by atoms with Crippen molar-refractivity contribution in [3.63, 3.8) is 0 Å². The second-order valence-corrected chi connectivity index (χ2v) is 14.9. The number of anilines is 8. The van der Waals surface area contributed by atoms with Crippen LogP contribution in [0.25, 0.3) is 33.4 Å². The van der Waals surface area contributed by atoms with Crippen LogP contribution < -0.4 is 15.1 Å². The molecular formula is C56H45N3. The minimum Gasteiger partial charge on any atom is -0.355 e. The number of hydrogen-bond donors (Lipinski definition) is 1. The number of hydrogen-bond acceptors (Lipinski definition) is 3. The van der Waals surface area contributed by atoms with Crippen molar-refractivity contribution in [2.45, 2.75) is 13.8 Å². The molecule has 59 heavy (non-hydrogen) atoms. The largest absolute Gasteiger partial charge is 0.355 e. The highest BCUT2D eigenvalue weighted by Gasteiger charge is 2.21. The molecular weight excluding hydrogens is 715 g/mol. The van der Waals surface area contributed by atoms with E-state index < -0.39 is 0 Å². The van der Waals surface area contributed by atoms with Gasteiger partial charge in [-0.05, 0) is 114 Å². The van der Waals surface area contributed by atoms with Gasteiger partial charge in [0.05, 0.1) is 11.4 Å². The molecule has 0 saturated carbocycles. The first-order valence-corrected chi connectivity index (χ1v) is 20.2. The molecule has 9 aromatic rings. The Hall–Kier alpha value is -7.62. The van der Waals surface area contributed by atoms with Gasteiger partial charge in [0, 0.05) is 50.8 Å². The molecule has 0 amide bonds. The average molecular weight is 760 g/mol. The van der Waals surface area contributed by atoms with Crippen molar-refractivity contribution in [1.82, 2.24) is 0 Å². The Bertz CT molecular complexity index is 2820. The lowest BCUT2D eigenvalue weighted by Gasteiger charge is -2.29. The predicted octanol–water partition coefficient (Wildman–Crippen LogP) is 16.0. The van der Waals surface area contributed by atoms with E-state index >= 15 is 0 Å². The molecule has 0 radical (unpaired) electrons. The van der Waals surface area contributed by atoms with Crippen molar-refractivity contribution in [2.75, 3.05) is 15.1 Å². The second-order valence-electron chi connectivity index (χ2n) is 14.9. The Morgan fingerprint density at radius 3 is 1.27 bits per heavy atom. The lowest BCUT2D eigenvalue weighted by atomic mass is 9.95. The maximum Gasteiger partial charge on any atom is 0.0560 e. The van der Waals surface area contributed by atoms with E-state index in [0.717, 1.165) is 78.9 Å². The van der Waals surface area contributed by atoms with E-state index in [1.807, 2.05) is 0 Å². The maximum atomic E-state index is 3.88. The van der Waals surface area contributed by atoms with E-state index in [1.54, 1.807) is 0 Å². The monoisotopic (exact) mass is 759 g/mol. The van der Waals surface area contributed by atoms with Crippen molar-refractivity contribution in [2.24, 2.45) is 0 Å². The van der Waals surface area contributed by atoms with Crippen molar-refractivity contribution in [3.8, 4) is 33.4 Å². The summed E-state index contributed by atoms with van der Waals surface area (Å²) < 4.78 is 0. The van der Waals surface area contributed by atoms with Crippen LogP contribution in [0.15, 0.2) is 231 Å². The number of nitrogens with zero attached hydrogens (tertiary/aromatic N) is 2. The van der Waals surface area contributed by atoms with Crippen molar-refractivity contribution < 1.29 is 0 Å². The predicted molar refractivity (Wildman–Crippen MR) is 251 cm³/mol. The number of aryl methyl sites for hydroxylation is 2. The van der Waals surface area contributed by atoms with Crippen LogP contribution in [0.5, 0.6) is 0 Å². The van der Waals surface area contributed by atoms with Crippen LogP contribution in [0, 0.1) is 13.8 Å². The summed E-state index contributed by atoms with van der Waals surface area (Å²) >= 11 is 0. The molecule has 0 spiro atoms. The van der Waals surface area contributed by atoms with Crippen molar-refractivity contribution in [3.05, 3.63) is 242 Å². The van der Waals surface area contributed by atoms with E-state index in [9.17, 15) is 0 Å². The lowest BCUT2D eigenvalue weighted by Crippen LogP contribution is -2.12. The van der Waals surface area contributed by atoms with Crippen LogP contribution in [0.1, 0.15) is 11.1 Å². The van der Waals surface area contributed by atoms with Crippen LogP contribution in [0.4, 0.5) is 45.5 Å². The smallest absolute Gasteiger partial charge is 0.0560 e. The topological polar surface area (TPSA) is 18.5 Å². The van der Waals surface area contributed by atoms with Gasteiger partial charge in [-0.2, -0.15) is 0 Å². The normalized spacial score (nSPS) is 10.9. The molecule has 9 rings (SSSR count). The fourth-order valence-electron chi connectivity index (χ4n) is 7.94. The van der Waals surface area contributed by atoms with E-state index in [4.69, 9.17) is 0 Å². The first-order valence-electron chi connectivity index (χ1n) is 20.2. The van der Waals surface area contributed by atoms with Gasteiger partial charge in [0.25, 0.3) is 0 Å². The molecule has 0 aliphatic heterocycles. The molecule has 3 heteroatoms. The van der Waals surface area contributed by atoms with Crippen LogP contribution >= 0.6 is 0 Å². The Kier molecular flexibility index (Phi) is 10.6. The maximum absolute atomic E-state index is 3.88. The minimum atomic E-state index is 0.993. The number of nitrogens with one attached hydrogen (secondary N) is 1. The van der Waals surface area contributed by atoms with Crippen molar-refractivity contribution >= 4 is 45.5 Å². The number of para-hydroxylation sites is 3. The molecule has 0 unspecified atom stereocenters. The third-order valence-corrected chi connectivity index (χ3v) is 10.7. The Morgan fingerprint density at radius 2 is 0.746 bits per heavy atom. The molecule has 0 heterocycles. The summed E-state index contributed by atoms with van der Waals surface area (Å²) in [5, 5.41) is 3.88. The summed E-state index contributed by atoms with van der Waals surface area (Å²) in [5.74, 6) is 0. The summed E-state index contributed by atoms with van der Waals surface area (Å²) in [4.78, 5) is 4.75. The van der Waals surface area contributed by atoms with Gasteiger partial charge >= 0.3 is 0 Å². The van der Waals surface area contributed by atoms with Gasteiger partial charge in [0.2, 0.25) is 0 Å². The van der Waals surface area contributed by atoms with Gasteiger partial charge in [0.1, 0.15) is 0 Å². The third-order valence-electron chi connectivity index (χ3n) is 10.7. The first-order chi connectivity index (χ1) is 29.1. The molecule has 0 atom stereocenters. The van der Waals surface area contributed by atoms with E-state index in [-0.39, 0.29) is 0 Å². The van der Waals surface area contributed by atoms with Crippen LogP contribution in [-0.4, -0.2) is 0 Å². The van der Waals surface area contributed by atoms with Crippen LogP contribution in [0.3, 0.4) is 0 Å². The highest BCUT2D eigenvalue weighted by molar-refractivity contribution is 5.94. The quantitative estimate of drug-likeness (QED) is 0.142. The molecule has 0 aromatic heterocycles. The minimum absolute atomic E-state index is 0.993. The molecule has 284 valence electrons. The summed E-state index contributed by atoms with van der Waals surface area (Å²) in [6.45, 7) is 4.30. The van der Waals surface area contributed by atoms with Crippen LogP contribution in [0.2, 0.25) is 0 Å². The SMILES string of the molecule is Cc1cccc(N(c2ccccc2)c2cc(Nc3ccccc3-c3ccc(-c4ccccc4)c(N(c4ccccc4)c4cccc(C)c4)c3)ccc2-c2ccccc2)c1. The molecule has 0 aliphatic carbocycles. The molecule has 0 bridgehead atoms. The first kappa shape index (κ1) is 37.0. The summed E-state index contributed by atoms with van der Waals surface area (Å²) in [7, 11) is 0. The van der Waals surface area contributed by atoms with Crippen LogP contribution in [-0.2, 0) is 0 Å². The van der Waals surface area contributed by atoms with Crippen molar-refractivity contribution in [1.29, 1.82) is 0 Å². The zero-order chi connectivity index (χ0) is 40.0. The summed E-state index contributed by atoms with van der Waals surface area (Å²) in [6, 6.07) is 82.4. The fraction of sp³-hybridized carbons (Fsp3) is 0.0357. The van der Waals surface area contributed by atoms with E-state index in [2.05, 4.69) is 259 Å². The zero-order valence-electron chi connectivity index (χ0n) is 33.3. The van der Waals surface area contributed by atoms with Gasteiger partial charge in [-0.3, -0.25) is 0 Å². The van der Waals surface area contributed by atoms with E-state index in [0.29, 0.717) is 0 Å². The highest BCUT2D eigenvalue weighted by Crippen LogP contribution is 2.46.